The SMILES string of the molecule is Cc1cc(C)c2c(n1)[se]c1c(NN)nc(C)nc12. The van der Waals surface area contributed by atoms with E-state index in [1.54, 1.807) is 0 Å². The summed E-state index contributed by atoms with van der Waals surface area (Å²) in [6.45, 7) is 6.00. The van der Waals surface area contributed by atoms with Gasteiger partial charge in [-0.15, -0.1) is 0 Å². The van der Waals surface area contributed by atoms with E-state index in [9.17, 15) is 0 Å². The Morgan fingerprint density at radius 2 is 1.94 bits per heavy atom. The van der Waals surface area contributed by atoms with E-state index in [0.29, 0.717) is 0 Å². The molecule has 0 saturated carbocycles. The van der Waals surface area contributed by atoms with Crippen molar-refractivity contribution in [3.8, 4) is 0 Å². The predicted molar refractivity (Wildman–Crippen MR) is 73.8 cm³/mol. The molecule has 0 spiro atoms. The van der Waals surface area contributed by atoms with Gasteiger partial charge in [-0.1, -0.05) is 0 Å². The molecule has 0 amide bonds. The number of hydrogen-bond acceptors (Lipinski definition) is 5. The van der Waals surface area contributed by atoms with Crippen LogP contribution in [0.15, 0.2) is 6.07 Å². The Morgan fingerprint density at radius 3 is 2.67 bits per heavy atom. The summed E-state index contributed by atoms with van der Waals surface area (Å²) in [4.78, 5) is 13.5. The average Bonchev–Trinajstić information content (AvgIpc) is 2.65. The van der Waals surface area contributed by atoms with E-state index in [-0.39, 0.29) is 14.5 Å². The number of hydrazine groups is 1. The molecule has 3 rings (SSSR count). The first-order valence-electron chi connectivity index (χ1n) is 5.62. The van der Waals surface area contributed by atoms with Crippen molar-refractivity contribution in [2.45, 2.75) is 20.8 Å². The van der Waals surface area contributed by atoms with Crippen LogP contribution >= 0.6 is 0 Å². The summed E-state index contributed by atoms with van der Waals surface area (Å²) in [5, 5.41) is 1.16. The van der Waals surface area contributed by atoms with Crippen molar-refractivity contribution < 1.29 is 0 Å². The van der Waals surface area contributed by atoms with Gasteiger partial charge in [0.2, 0.25) is 0 Å². The van der Waals surface area contributed by atoms with Crippen LogP contribution in [0.2, 0.25) is 0 Å². The van der Waals surface area contributed by atoms with Gasteiger partial charge in [0.1, 0.15) is 0 Å². The molecule has 0 aliphatic heterocycles. The Balaban J connectivity index is 2.55. The summed E-state index contributed by atoms with van der Waals surface area (Å²) in [5.41, 5.74) is 5.94. The van der Waals surface area contributed by atoms with Crippen molar-refractivity contribution >= 4 is 39.9 Å². The van der Waals surface area contributed by atoms with E-state index in [1.807, 2.05) is 13.8 Å². The van der Waals surface area contributed by atoms with Crippen LogP contribution in [0, 0.1) is 20.8 Å². The second-order valence-corrected chi connectivity index (χ2v) is 6.40. The third-order valence-corrected chi connectivity index (χ3v) is 5.13. The van der Waals surface area contributed by atoms with E-state index in [4.69, 9.17) is 5.84 Å². The van der Waals surface area contributed by atoms with Crippen LogP contribution < -0.4 is 11.3 Å². The Bertz CT molecular complexity index is 762. The van der Waals surface area contributed by atoms with E-state index in [0.717, 1.165) is 36.9 Å². The average molecular weight is 306 g/mol. The number of anilines is 1. The molecule has 18 heavy (non-hydrogen) atoms. The number of nitrogens with one attached hydrogen (secondary N) is 1. The molecular formula is C12H13N5Se. The normalized spacial score (nSPS) is 11.3. The molecule has 3 aromatic rings. The van der Waals surface area contributed by atoms with Gasteiger partial charge in [-0.3, -0.25) is 0 Å². The van der Waals surface area contributed by atoms with Crippen LogP contribution in [0.25, 0.3) is 19.6 Å². The second kappa shape index (κ2) is 4.02. The Morgan fingerprint density at radius 1 is 1.17 bits per heavy atom. The Hall–Kier alpha value is -1.49. The standard InChI is InChI=1S/C12H13N5Se/c1-5-4-6(2)14-12-8(5)9-10(18-12)11(17-13)16-7(3)15-9/h4H,13H2,1-3H3,(H,15,16,17). The van der Waals surface area contributed by atoms with Crippen LogP contribution in [-0.2, 0) is 0 Å². The van der Waals surface area contributed by atoms with Crippen molar-refractivity contribution in [2.75, 3.05) is 5.43 Å². The zero-order valence-electron chi connectivity index (χ0n) is 10.4. The molecular weight excluding hydrogens is 293 g/mol. The quantitative estimate of drug-likeness (QED) is 0.404. The zero-order chi connectivity index (χ0) is 12.9. The third-order valence-electron chi connectivity index (χ3n) is 2.86. The molecule has 3 heterocycles. The molecule has 0 unspecified atom stereocenters. The van der Waals surface area contributed by atoms with Crippen LogP contribution in [0.5, 0.6) is 0 Å². The minimum atomic E-state index is 0.122. The van der Waals surface area contributed by atoms with Gasteiger partial charge in [-0.05, 0) is 0 Å². The zero-order valence-corrected chi connectivity index (χ0v) is 12.1. The number of aryl methyl sites for hydroxylation is 3. The molecule has 0 aliphatic rings. The molecule has 3 N–H and O–H groups in total. The third kappa shape index (κ3) is 1.61. The summed E-state index contributed by atoms with van der Waals surface area (Å²) in [7, 11) is 0. The topological polar surface area (TPSA) is 76.7 Å². The molecule has 0 bridgehead atoms. The summed E-state index contributed by atoms with van der Waals surface area (Å²) in [6, 6.07) is 2.09. The first kappa shape index (κ1) is 11.6. The summed E-state index contributed by atoms with van der Waals surface area (Å²) in [6.07, 6.45) is 0. The fraction of sp³-hybridized carbons (Fsp3) is 0.250. The molecule has 0 aromatic carbocycles. The molecule has 0 radical (unpaired) electrons. The van der Waals surface area contributed by atoms with Gasteiger partial charge in [0.25, 0.3) is 0 Å². The van der Waals surface area contributed by atoms with E-state index in [1.165, 1.54) is 5.56 Å². The molecule has 0 saturated heterocycles. The number of nitrogen functional groups attached to an aromatic ring is 1. The van der Waals surface area contributed by atoms with Crippen molar-refractivity contribution in [2.24, 2.45) is 5.84 Å². The predicted octanol–water partition coefficient (Wildman–Crippen LogP) is 1.45. The first-order valence-corrected chi connectivity index (χ1v) is 7.33. The van der Waals surface area contributed by atoms with Crippen LogP contribution in [0.3, 0.4) is 0 Å². The van der Waals surface area contributed by atoms with Crippen LogP contribution in [0.1, 0.15) is 17.1 Å². The molecule has 6 heteroatoms. The second-order valence-electron chi connectivity index (χ2n) is 4.30. The van der Waals surface area contributed by atoms with Crippen molar-refractivity contribution in [1.82, 2.24) is 15.0 Å². The van der Waals surface area contributed by atoms with E-state index >= 15 is 0 Å². The van der Waals surface area contributed by atoms with E-state index < -0.39 is 0 Å². The van der Waals surface area contributed by atoms with Gasteiger partial charge in [0.05, 0.1) is 0 Å². The molecule has 0 atom stereocenters. The number of rotatable bonds is 1. The maximum atomic E-state index is 5.54. The fourth-order valence-electron chi connectivity index (χ4n) is 2.19. The Labute approximate surface area is 110 Å². The monoisotopic (exact) mass is 307 g/mol. The number of nitrogens with two attached hydrogens (primary N) is 1. The maximum absolute atomic E-state index is 5.54. The number of pyridine rings is 1. The van der Waals surface area contributed by atoms with Gasteiger partial charge in [0.15, 0.2) is 0 Å². The molecule has 3 aromatic heterocycles. The van der Waals surface area contributed by atoms with Gasteiger partial charge in [-0.25, -0.2) is 0 Å². The number of aromatic nitrogens is 3. The molecule has 0 aliphatic carbocycles. The molecule has 5 nitrogen and oxygen atoms in total. The molecule has 0 fully saturated rings. The summed E-state index contributed by atoms with van der Waals surface area (Å²) >= 11 is 0.122. The summed E-state index contributed by atoms with van der Waals surface area (Å²) < 4.78 is 2.23. The van der Waals surface area contributed by atoms with Gasteiger partial charge < -0.3 is 0 Å². The van der Waals surface area contributed by atoms with Gasteiger partial charge in [-0.2, -0.15) is 0 Å². The number of hydrogen-bond donors (Lipinski definition) is 2. The van der Waals surface area contributed by atoms with E-state index in [2.05, 4.69) is 33.4 Å². The fourth-order valence-corrected chi connectivity index (χ4v) is 4.68. The van der Waals surface area contributed by atoms with Gasteiger partial charge in [0, 0.05) is 0 Å². The van der Waals surface area contributed by atoms with Crippen molar-refractivity contribution in [3.63, 3.8) is 0 Å². The minimum absolute atomic E-state index is 0.122. The van der Waals surface area contributed by atoms with Crippen molar-refractivity contribution in [3.05, 3.63) is 23.1 Å². The van der Waals surface area contributed by atoms with Gasteiger partial charge >= 0.3 is 110 Å². The molecule has 92 valence electrons. The first-order chi connectivity index (χ1) is 8.60. The Kier molecular flexibility index (Phi) is 2.59. The summed E-state index contributed by atoms with van der Waals surface area (Å²) in [5.74, 6) is 7.00. The van der Waals surface area contributed by atoms with Crippen LogP contribution in [0.4, 0.5) is 5.82 Å². The number of fused-ring (bicyclic) bond motifs is 3. The van der Waals surface area contributed by atoms with Crippen LogP contribution in [-0.4, -0.2) is 29.5 Å². The van der Waals surface area contributed by atoms with Crippen molar-refractivity contribution in [1.29, 1.82) is 0 Å². The number of nitrogens with zero attached hydrogens (tertiary/aromatic N) is 3.